The highest BCUT2D eigenvalue weighted by Crippen LogP contribution is 2.30. The number of carbonyl (C=O) groups excluding carboxylic acids is 1. The maximum Gasteiger partial charge on any atom is 0.250 e. The first-order valence-electron chi connectivity index (χ1n) is 7.17. The lowest BCUT2D eigenvalue weighted by Crippen LogP contribution is -2.07. The highest BCUT2D eigenvalue weighted by Gasteiger charge is 2.09. The average Bonchev–Trinajstić information content (AvgIpc) is 3.04. The molecule has 3 nitrogen and oxygen atoms in total. The Morgan fingerprint density at radius 1 is 1.04 bits per heavy atom. The van der Waals surface area contributed by atoms with Crippen LogP contribution in [0.1, 0.15) is 5.56 Å². The number of thiazole rings is 1. The van der Waals surface area contributed by atoms with Crippen molar-refractivity contribution in [3.63, 3.8) is 0 Å². The fraction of sp³-hybridized carbons (Fsp3) is 0. The summed E-state index contributed by atoms with van der Waals surface area (Å²) >= 11 is 19.3. The van der Waals surface area contributed by atoms with Crippen LogP contribution in [0, 0.1) is 0 Å². The summed E-state index contributed by atoms with van der Waals surface area (Å²) in [5.74, 6) is -0.286. The van der Waals surface area contributed by atoms with Crippen molar-refractivity contribution in [2.24, 2.45) is 0 Å². The van der Waals surface area contributed by atoms with Crippen LogP contribution in [0.5, 0.6) is 0 Å². The second-order valence-electron chi connectivity index (χ2n) is 5.01. The molecule has 0 bridgehead atoms. The summed E-state index contributed by atoms with van der Waals surface area (Å²) in [6.07, 6.45) is 3.07. The minimum absolute atomic E-state index is 0.286. The van der Waals surface area contributed by atoms with Gasteiger partial charge in [0.1, 0.15) is 0 Å². The van der Waals surface area contributed by atoms with Crippen LogP contribution < -0.4 is 5.32 Å². The molecule has 3 aromatic rings. The van der Waals surface area contributed by atoms with E-state index in [1.165, 1.54) is 17.4 Å². The highest BCUT2D eigenvalue weighted by atomic mass is 35.5. The number of halogens is 3. The van der Waals surface area contributed by atoms with Gasteiger partial charge in [0.25, 0.3) is 0 Å². The Bertz CT molecular complexity index is 953. The van der Waals surface area contributed by atoms with E-state index in [9.17, 15) is 4.79 Å². The second-order valence-corrected chi connectivity index (χ2v) is 7.09. The molecule has 3 rings (SSSR count). The molecular weight excluding hydrogens is 399 g/mol. The zero-order chi connectivity index (χ0) is 17.8. The number of hydrogen-bond acceptors (Lipinski definition) is 3. The molecule has 1 aromatic heterocycles. The number of rotatable bonds is 4. The van der Waals surface area contributed by atoms with E-state index in [0.717, 1.165) is 16.8 Å². The molecule has 0 spiro atoms. The number of nitrogens with zero attached hydrogens (tertiary/aromatic N) is 1. The van der Waals surface area contributed by atoms with E-state index in [-0.39, 0.29) is 5.91 Å². The zero-order valence-corrected chi connectivity index (χ0v) is 15.8. The summed E-state index contributed by atoms with van der Waals surface area (Å²) in [7, 11) is 0. The molecule has 0 aliphatic rings. The Balaban J connectivity index is 1.68. The predicted octanol–water partition coefficient (Wildman–Crippen LogP) is 6.42. The van der Waals surface area contributed by atoms with Gasteiger partial charge in [-0.2, -0.15) is 0 Å². The highest BCUT2D eigenvalue weighted by molar-refractivity contribution is 7.14. The van der Waals surface area contributed by atoms with Gasteiger partial charge in [-0.25, -0.2) is 4.98 Å². The summed E-state index contributed by atoms with van der Waals surface area (Å²) in [4.78, 5) is 16.4. The van der Waals surface area contributed by atoms with Crippen molar-refractivity contribution in [2.45, 2.75) is 0 Å². The number of aromatic nitrogens is 1. The molecule has 0 unspecified atom stereocenters. The van der Waals surface area contributed by atoms with Crippen molar-refractivity contribution >= 4 is 63.3 Å². The first kappa shape index (κ1) is 18.0. The van der Waals surface area contributed by atoms with Gasteiger partial charge < -0.3 is 0 Å². The Hall–Kier alpha value is -1.85. The van der Waals surface area contributed by atoms with Crippen molar-refractivity contribution in [1.29, 1.82) is 0 Å². The Morgan fingerprint density at radius 2 is 1.84 bits per heavy atom. The number of anilines is 1. The van der Waals surface area contributed by atoms with Crippen LogP contribution in [0.2, 0.25) is 15.1 Å². The Kier molecular flexibility index (Phi) is 5.76. The van der Waals surface area contributed by atoms with Gasteiger partial charge >= 0.3 is 0 Å². The van der Waals surface area contributed by atoms with E-state index in [4.69, 9.17) is 34.8 Å². The van der Waals surface area contributed by atoms with Crippen LogP contribution in [-0.4, -0.2) is 10.9 Å². The molecule has 0 atom stereocenters. The summed E-state index contributed by atoms with van der Waals surface area (Å²) in [6.45, 7) is 0. The predicted molar refractivity (Wildman–Crippen MR) is 107 cm³/mol. The average molecular weight is 410 g/mol. The normalized spacial score (nSPS) is 11.0. The third kappa shape index (κ3) is 4.61. The Morgan fingerprint density at radius 3 is 2.60 bits per heavy atom. The molecule has 0 radical (unpaired) electrons. The van der Waals surface area contributed by atoms with E-state index in [1.807, 2.05) is 23.6 Å². The minimum Gasteiger partial charge on any atom is -0.298 e. The zero-order valence-electron chi connectivity index (χ0n) is 12.7. The van der Waals surface area contributed by atoms with Crippen molar-refractivity contribution in [1.82, 2.24) is 4.98 Å². The van der Waals surface area contributed by atoms with E-state index in [2.05, 4.69) is 10.3 Å². The summed E-state index contributed by atoms with van der Waals surface area (Å²) in [6, 6.07) is 12.6. The maximum absolute atomic E-state index is 12.0. The van der Waals surface area contributed by atoms with Gasteiger partial charge in [0.05, 0.1) is 15.7 Å². The van der Waals surface area contributed by atoms with Gasteiger partial charge in [0.15, 0.2) is 5.13 Å². The fourth-order valence-corrected chi connectivity index (χ4v) is 3.31. The number of carbonyl (C=O) groups is 1. The van der Waals surface area contributed by atoms with E-state index < -0.39 is 0 Å². The van der Waals surface area contributed by atoms with Gasteiger partial charge in [-0.15, -0.1) is 11.3 Å². The second kappa shape index (κ2) is 8.02. The van der Waals surface area contributed by atoms with E-state index in [1.54, 1.807) is 30.3 Å². The number of hydrogen-bond donors (Lipinski definition) is 1. The molecule has 1 amide bonds. The molecule has 7 heteroatoms. The van der Waals surface area contributed by atoms with Gasteiger partial charge in [0, 0.05) is 22.0 Å². The summed E-state index contributed by atoms with van der Waals surface area (Å²) < 4.78 is 0. The SMILES string of the molecule is O=C(C=Cc1ccc(Cl)c(Cl)c1)Nc1nc(-c2ccccc2Cl)cs1. The molecule has 0 saturated heterocycles. The summed E-state index contributed by atoms with van der Waals surface area (Å²) in [5, 5.41) is 6.60. The molecule has 25 heavy (non-hydrogen) atoms. The van der Waals surface area contributed by atoms with Crippen LogP contribution in [0.15, 0.2) is 53.9 Å². The summed E-state index contributed by atoms with van der Waals surface area (Å²) in [5.41, 5.74) is 2.33. The molecule has 0 fully saturated rings. The first-order valence-corrected chi connectivity index (χ1v) is 9.19. The standard InChI is InChI=1S/C18H11Cl3N2OS/c19-13-4-2-1-3-12(13)16-10-25-18(22-16)23-17(24)8-6-11-5-7-14(20)15(21)9-11/h1-10H,(H,22,23,24). The number of nitrogens with one attached hydrogen (secondary N) is 1. The van der Waals surface area contributed by atoms with Gasteiger partial charge in [0.2, 0.25) is 5.91 Å². The smallest absolute Gasteiger partial charge is 0.250 e. The molecule has 1 heterocycles. The fourth-order valence-electron chi connectivity index (χ4n) is 2.06. The van der Waals surface area contributed by atoms with Gasteiger partial charge in [-0.05, 0) is 29.8 Å². The van der Waals surface area contributed by atoms with Gasteiger partial charge in [-0.1, -0.05) is 59.1 Å². The van der Waals surface area contributed by atoms with Crippen LogP contribution in [-0.2, 0) is 4.79 Å². The van der Waals surface area contributed by atoms with Crippen LogP contribution >= 0.6 is 46.1 Å². The maximum atomic E-state index is 12.0. The molecular formula is C18H11Cl3N2OS. The molecule has 1 N–H and O–H groups in total. The first-order chi connectivity index (χ1) is 12.0. The third-order valence-electron chi connectivity index (χ3n) is 3.25. The quantitative estimate of drug-likeness (QED) is 0.505. The largest absolute Gasteiger partial charge is 0.298 e. The van der Waals surface area contributed by atoms with Crippen LogP contribution in [0.3, 0.4) is 0 Å². The van der Waals surface area contributed by atoms with Crippen molar-refractivity contribution in [2.75, 3.05) is 5.32 Å². The van der Waals surface area contributed by atoms with Crippen LogP contribution in [0.4, 0.5) is 5.13 Å². The minimum atomic E-state index is -0.286. The van der Waals surface area contributed by atoms with E-state index in [0.29, 0.717) is 20.2 Å². The van der Waals surface area contributed by atoms with E-state index >= 15 is 0 Å². The molecule has 0 aliphatic heterocycles. The lowest BCUT2D eigenvalue weighted by molar-refractivity contribution is -0.111. The number of benzene rings is 2. The Labute approximate surface area is 163 Å². The lowest BCUT2D eigenvalue weighted by Gasteiger charge is -2.00. The monoisotopic (exact) mass is 408 g/mol. The number of amides is 1. The molecule has 0 saturated carbocycles. The molecule has 0 aliphatic carbocycles. The third-order valence-corrected chi connectivity index (χ3v) is 5.08. The lowest BCUT2D eigenvalue weighted by atomic mass is 10.2. The van der Waals surface area contributed by atoms with Crippen molar-refractivity contribution < 1.29 is 4.79 Å². The van der Waals surface area contributed by atoms with Crippen LogP contribution in [0.25, 0.3) is 17.3 Å². The topological polar surface area (TPSA) is 42.0 Å². The molecule has 126 valence electrons. The van der Waals surface area contributed by atoms with Crippen molar-refractivity contribution in [3.8, 4) is 11.3 Å². The molecule has 2 aromatic carbocycles. The van der Waals surface area contributed by atoms with Crippen molar-refractivity contribution in [3.05, 3.63) is 74.6 Å². The van der Waals surface area contributed by atoms with Gasteiger partial charge in [-0.3, -0.25) is 10.1 Å².